The highest BCUT2D eigenvalue weighted by Crippen LogP contribution is 2.52. The van der Waals surface area contributed by atoms with Crippen LogP contribution in [0.4, 0.5) is 0 Å². The predicted octanol–water partition coefficient (Wildman–Crippen LogP) is 1.61. The fourth-order valence-electron chi connectivity index (χ4n) is 2.24. The molecule has 0 aromatic carbocycles. The van der Waals surface area contributed by atoms with E-state index in [2.05, 4.69) is 26.1 Å². The van der Waals surface area contributed by atoms with Gasteiger partial charge in [0.15, 0.2) is 0 Å². The molecule has 0 radical (unpaired) electrons. The molecule has 0 heterocycles. The van der Waals surface area contributed by atoms with Gasteiger partial charge in [-0.15, -0.1) is 0 Å². The van der Waals surface area contributed by atoms with E-state index in [1.165, 1.54) is 6.42 Å². The largest absolute Gasteiger partial charge is 0.360 e. The van der Waals surface area contributed by atoms with Crippen molar-refractivity contribution in [2.24, 2.45) is 11.8 Å². The van der Waals surface area contributed by atoms with Crippen LogP contribution in [0.15, 0.2) is 0 Å². The molecule has 0 aromatic heterocycles. The molecule has 1 N–H and O–H groups in total. The van der Waals surface area contributed by atoms with Gasteiger partial charge in [0.2, 0.25) is 0 Å². The van der Waals surface area contributed by atoms with Gasteiger partial charge in [-0.2, -0.15) is 0 Å². The minimum Gasteiger partial charge on any atom is -0.360 e. The van der Waals surface area contributed by atoms with Crippen molar-refractivity contribution in [3.05, 3.63) is 0 Å². The van der Waals surface area contributed by atoms with Gasteiger partial charge in [0.1, 0.15) is 5.72 Å². The normalized spacial score (nSPS) is 42.5. The van der Waals surface area contributed by atoms with E-state index in [1.807, 2.05) is 7.05 Å². The topological polar surface area (TPSA) is 21.3 Å². The van der Waals surface area contributed by atoms with E-state index in [9.17, 15) is 0 Å². The third-order valence-corrected chi connectivity index (χ3v) is 2.94. The summed E-state index contributed by atoms with van der Waals surface area (Å²) in [7, 11) is 1.99. The van der Waals surface area contributed by atoms with Crippen molar-refractivity contribution in [1.29, 1.82) is 0 Å². The van der Waals surface area contributed by atoms with Crippen LogP contribution < -0.4 is 5.32 Å². The Morgan fingerprint density at radius 3 is 2.36 bits per heavy atom. The molecule has 66 valence electrons. The van der Waals surface area contributed by atoms with Gasteiger partial charge in [0.05, 0.1) is 0 Å². The summed E-state index contributed by atoms with van der Waals surface area (Å²) >= 11 is 0. The van der Waals surface area contributed by atoms with E-state index in [0.717, 1.165) is 6.61 Å². The van der Waals surface area contributed by atoms with Crippen LogP contribution in [0.5, 0.6) is 0 Å². The number of ether oxygens (including phenoxy) is 1. The molecule has 0 aliphatic heterocycles. The Balaban J connectivity index is 2.51. The van der Waals surface area contributed by atoms with E-state index < -0.39 is 0 Å². The molecule has 1 aliphatic rings. The van der Waals surface area contributed by atoms with Crippen LogP contribution in [0, 0.1) is 11.8 Å². The second kappa shape index (κ2) is 3.11. The van der Waals surface area contributed by atoms with E-state index in [0.29, 0.717) is 11.8 Å². The van der Waals surface area contributed by atoms with Crippen molar-refractivity contribution >= 4 is 0 Å². The summed E-state index contributed by atoms with van der Waals surface area (Å²) in [5.41, 5.74) is 0.0174. The Hall–Kier alpha value is -0.0800. The first-order valence-corrected chi connectivity index (χ1v) is 4.55. The lowest BCUT2D eigenvalue weighted by Gasteiger charge is -2.16. The molecule has 0 bridgehead atoms. The lowest BCUT2D eigenvalue weighted by atomic mass is 10.3. The second-order valence-electron chi connectivity index (χ2n) is 3.28. The number of rotatable bonds is 4. The maximum Gasteiger partial charge on any atom is 0.125 e. The monoisotopic (exact) mass is 157 g/mol. The van der Waals surface area contributed by atoms with Crippen molar-refractivity contribution in [3.8, 4) is 0 Å². The summed E-state index contributed by atoms with van der Waals surface area (Å²) in [4.78, 5) is 0. The van der Waals surface area contributed by atoms with E-state index >= 15 is 0 Å². The lowest BCUT2D eigenvalue weighted by molar-refractivity contribution is -0.0000116. The average molecular weight is 157 g/mol. The third-order valence-electron chi connectivity index (χ3n) is 2.94. The molecule has 1 fully saturated rings. The molecular weight excluding hydrogens is 138 g/mol. The molecular formula is C9H19NO. The SMILES string of the molecule is CCOC1(NC)C(C)C1CC. The van der Waals surface area contributed by atoms with Crippen LogP contribution in [-0.4, -0.2) is 19.4 Å². The Morgan fingerprint density at radius 2 is 2.09 bits per heavy atom. The third kappa shape index (κ3) is 1.18. The van der Waals surface area contributed by atoms with E-state index in [4.69, 9.17) is 4.74 Å². The summed E-state index contributed by atoms with van der Waals surface area (Å²) in [5, 5.41) is 3.28. The van der Waals surface area contributed by atoms with E-state index in [-0.39, 0.29) is 5.72 Å². The maximum atomic E-state index is 5.69. The molecule has 3 unspecified atom stereocenters. The van der Waals surface area contributed by atoms with Gasteiger partial charge in [-0.25, -0.2) is 0 Å². The highest BCUT2D eigenvalue weighted by molar-refractivity contribution is 5.08. The molecule has 0 aromatic rings. The molecule has 0 saturated heterocycles. The lowest BCUT2D eigenvalue weighted by Crippen LogP contribution is -2.34. The van der Waals surface area contributed by atoms with Gasteiger partial charge in [-0.05, 0) is 20.4 Å². The van der Waals surface area contributed by atoms with Gasteiger partial charge in [0, 0.05) is 18.4 Å². The van der Waals surface area contributed by atoms with Gasteiger partial charge < -0.3 is 4.74 Å². The summed E-state index contributed by atoms with van der Waals surface area (Å²) < 4.78 is 5.69. The zero-order valence-corrected chi connectivity index (χ0v) is 7.98. The first-order valence-electron chi connectivity index (χ1n) is 4.55. The number of hydrogen-bond donors (Lipinski definition) is 1. The van der Waals surface area contributed by atoms with Gasteiger partial charge in [0.25, 0.3) is 0 Å². The Labute approximate surface area is 69.3 Å². The minimum absolute atomic E-state index is 0.0174. The first-order chi connectivity index (χ1) is 5.22. The minimum atomic E-state index is 0.0174. The Bertz CT molecular complexity index is 138. The highest BCUT2D eigenvalue weighted by atomic mass is 16.5. The molecule has 1 aliphatic carbocycles. The summed E-state index contributed by atoms with van der Waals surface area (Å²) in [5.74, 6) is 1.39. The quantitative estimate of drug-likeness (QED) is 0.626. The molecule has 1 rings (SSSR count). The Morgan fingerprint density at radius 1 is 1.45 bits per heavy atom. The van der Waals surface area contributed by atoms with Gasteiger partial charge in [-0.3, -0.25) is 5.32 Å². The molecule has 0 spiro atoms. The molecule has 2 nitrogen and oxygen atoms in total. The highest BCUT2D eigenvalue weighted by Gasteiger charge is 2.61. The fraction of sp³-hybridized carbons (Fsp3) is 1.00. The van der Waals surface area contributed by atoms with Gasteiger partial charge in [-0.1, -0.05) is 13.8 Å². The molecule has 11 heavy (non-hydrogen) atoms. The number of nitrogens with one attached hydrogen (secondary N) is 1. The fourth-order valence-corrected chi connectivity index (χ4v) is 2.24. The van der Waals surface area contributed by atoms with Crippen molar-refractivity contribution in [2.75, 3.05) is 13.7 Å². The van der Waals surface area contributed by atoms with Crippen LogP contribution in [0.25, 0.3) is 0 Å². The Kier molecular flexibility index (Phi) is 2.55. The molecule has 1 saturated carbocycles. The first kappa shape index (κ1) is 9.01. The summed E-state index contributed by atoms with van der Waals surface area (Å²) in [6.45, 7) is 7.33. The molecule has 2 heteroatoms. The molecule has 0 amide bonds. The zero-order chi connectivity index (χ0) is 8.48. The average Bonchev–Trinajstić information content (AvgIpc) is 2.57. The summed E-state index contributed by atoms with van der Waals surface area (Å²) in [6.07, 6.45) is 1.21. The van der Waals surface area contributed by atoms with Crippen LogP contribution >= 0.6 is 0 Å². The van der Waals surface area contributed by atoms with Crippen molar-refractivity contribution < 1.29 is 4.74 Å². The van der Waals surface area contributed by atoms with Crippen LogP contribution in [0.1, 0.15) is 27.2 Å². The smallest absolute Gasteiger partial charge is 0.125 e. The van der Waals surface area contributed by atoms with Crippen molar-refractivity contribution in [1.82, 2.24) is 5.32 Å². The van der Waals surface area contributed by atoms with Gasteiger partial charge >= 0.3 is 0 Å². The predicted molar refractivity (Wildman–Crippen MR) is 46.4 cm³/mol. The number of hydrogen-bond acceptors (Lipinski definition) is 2. The van der Waals surface area contributed by atoms with Crippen LogP contribution in [0.2, 0.25) is 0 Å². The zero-order valence-electron chi connectivity index (χ0n) is 7.98. The molecule has 3 atom stereocenters. The maximum absolute atomic E-state index is 5.69. The van der Waals surface area contributed by atoms with Crippen LogP contribution in [-0.2, 0) is 4.74 Å². The van der Waals surface area contributed by atoms with Crippen LogP contribution in [0.3, 0.4) is 0 Å². The second-order valence-corrected chi connectivity index (χ2v) is 3.28. The van der Waals surface area contributed by atoms with E-state index in [1.54, 1.807) is 0 Å². The summed E-state index contributed by atoms with van der Waals surface area (Å²) in [6, 6.07) is 0. The van der Waals surface area contributed by atoms with Crippen molar-refractivity contribution in [2.45, 2.75) is 32.9 Å². The van der Waals surface area contributed by atoms with Crippen molar-refractivity contribution in [3.63, 3.8) is 0 Å². The standard InChI is InChI=1S/C9H19NO/c1-5-8-7(3)9(8,10-4)11-6-2/h7-8,10H,5-6H2,1-4H3.